The summed E-state index contributed by atoms with van der Waals surface area (Å²) in [5.41, 5.74) is 2.28. The van der Waals surface area contributed by atoms with Crippen LogP contribution in [0.5, 0.6) is 0 Å². The number of carbonyl (C=O) groups excluding carboxylic acids is 1. The monoisotopic (exact) mass is 281 g/mol. The third kappa shape index (κ3) is 5.65. The molecule has 0 aliphatic carbocycles. The molecule has 1 amide bonds. The van der Waals surface area contributed by atoms with Crippen LogP contribution in [0, 0.1) is 12.3 Å². The third-order valence-corrected chi connectivity index (χ3v) is 3.48. The normalized spacial score (nSPS) is 13.1. The Bertz CT molecular complexity index is 406. The van der Waals surface area contributed by atoms with E-state index in [9.17, 15) is 4.79 Å². The quantitative estimate of drug-likeness (QED) is 0.819. The maximum Gasteiger partial charge on any atom is 0.224 e. The zero-order valence-electron chi connectivity index (χ0n) is 12.3. The van der Waals surface area contributed by atoms with Crippen molar-refractivity contribution in [1.82, 2.24) is 5.32 Å². The minimum atomic E-state index is 0.0256. The number of nitrogens with one attached hydrogen (secondary N) is 1. The molecule has 1 unspecified atom stereocenters. The number of amides is 1. The summed E-state index contributed by atoms with van der Waals surface area (Å²) in [6.45, 7) is 8.41. The molecule has 1 N–H and O–H groups in total. The van der Waals surface area contributed by atoms with Gasteiger partial charge in [-0.15, -0.1) is 11.6 Å². The van der Waals surface area contributed by atoms with Gasteiger partial charge in [0.2, 0.25) is 5.91 Å². The number of rotatable bonds is 5. The lowest BCUT2D eigenvalue weighted by atomic mass is 9.85. The van der Waals surface area contributed by atoms with Crippen LogP contribution in [0.4, 0.5) is 0 Å². The summed E-state index contributed by atoms with van der Waals surface area (Å²) in [5, 5.41) is 3.10. The van der Waals surface area contributed by atoms with Gasteiger partial charge in [0.1, 0.15) is 0 Å². The highest BCUT2D eigenvalue weighted by atomic mass is 35.5. The summed E-state index contributed by atoms with van der Waals surface area (Å²) in [6, 6.07) is 8.18. The van der Waals surface area contributed by atoms with Crippen molar-refractivity contribution >= 4 is 17.5 Å². The van der Waals surface area contributed by atoms with Gasteiger partial charge in [-0.25, -0.2) is 0 Å². The van der Waals surface area contributed by atoms with E-state index in [1.54, 1.807) is 0 Å². The summed E-state index contributed by atoms with van der Waals surface area (Å²) in [7, 11) is 0. The summed E-state index contributed by atoms with van der Waals surface area (Å²) in [4.78, 5) is 12.1. The van der Waals surface area contributed by atoms with E-state index < -0.39 is 0 Å². The van der Waals surface area contributed by atoms with Crippen LogP contribution < -0.4 is 5.32 Å². The van der Waals surface area contributed by atoms with E-state index in [0.717, 1.165) is 12.0 Å². The van der Waals surface area contributed by atoms with Crippen molar-refractivity contribution in [2.24, 2.45) is 5.41 Å². The molecule has 0 spiro atoms. The van der Waals surface area contributed by atoms with Crippen LogP contribution >= 0.6 is 11.6 Å². The first-order valence-electron chi connectivity index (χ1n) is 6.74. The van der Waals surface area contributed by atoms with Crippen molar-refractivity contribution in [3.8, 4) is 0 Å². The van der Waals surface area contributed by atoms with Crippen LogP contribution in [-0.2, 0) is 11.2 Å². The SMILES string of the molecule is Cc1ccc(CC(=O)NC(CCCl)C(C)(C)C)cc1. The molecule has 0 heterocycles. The number of aryl methyl sites for hydroxylation is 1. The number of hydrogen-bond acceptors (Lipinski definition) is 1. The lowest BCUT2D eigenvalue weighted by Gasteiger charge is -2.31. The Kier molecular flexibility index (Phi) is 5.86. The predicted molar refractivity (Wildman–Crippen MR) is 81.6 cm³/mol. The lowest BCUT2D eigenvalue weighted by Crippen LogP contribution is -2.44. The van der Waals surface area contributed by atoms with E-state index in [1.165, 1.54) is 5.56 Å². The van der Waals surface area contributed by atoms with Crippen LogP contribution in [0.3, 0.4) is 0 Å². The highest BCUT2D eigenvalue weighted by Gasteiger charge is 2.25. The smallest absolute Gasteiger partial charge is 0.224 e. The Balaban J connectivity index is 2.60. The molecule has 1 rings (SSSR count). The van der Waals surface area contributed by atoms with Gasteiger partial charge in [-0.3, -0.25) is 4.79 Å². The fraction of sp³-hybridized carbons (Fsp3) is 0.562. The van der Waals surface area contributed by atoms with Crippen LogP contribution in [0.25, 0.3) is 0 Å². The van der Waals surface area contributed by atoms with Crippen LogP contribution in [0.1, 0.15) is 38.3 Å². The van der Waals surface area contributed by atoms with Crippen molar-refractivity contribution in [3.63, 3.8) is 0 Å². The van der Waals surface area contributed by atoms with E-state index in [-0.39, 0.29) is 17.4 Å². The first kappa shape index (κ1) is 16.0. The molecular formula is C16H24ClNO. The highest BCUT2D eigenvalue weighted by molar-refractivity contribution is 6.17. The molecule has 106 valence electrons. The molecule has 0 bridgehead atoms. The molecule has 0 aliphatic heterocycles. The molecule has 0 aliphatic rings. The molecule has 0 fully saturated rings. The number of benzene rings is 1. The molecule has 19 heavy (non-hydrogen) atoms. The molecule has 2 nitrogen and oxygen atoms in total. The van der Waals surface area contributed by atoms with Gasteiger partial charge in [-0.2, -0.15) is 0 Å². The van der Waals surface area contributed by atoms with Crippen molar-refractivity contribution in [2.45, 2.75) is 46.6 Å². The average Bonchev–Trinajstić information content (AvgIpc) is 2.30. The zero-order valence-corrected chi connectivity index (χ0v) is 13.1. The molecule has 1 aromatic rings. The van der Waals surface area contributed by atoms with Crippen LogP contribution in [0.15, 0.2) is 24.3 Å². The van der Waals surface area contributed by atoms with E-state index >= 15 is 0 Å². The van der Waals surface area contributed by atoms with Crippen LogP contribution in [-0.4, -0.2) is 17.8 Å². The number of alkyl halides is 1. The molecule has 0 radical (unpaired) electrons. The third-order valence-electron chi connectivity index (χ3n) is 3.26. The summed E-state index contributed by atoms with van der Waals surface area (Å²) in [6.07, 6.45) is 1.22. The molecule has 0 aromatic heterocycles. The fourth-order valence-electron chi connectivity index (χ4n) is 1.97. The molecule has 1 aromatic carbocycles. The van der Waals surface area contributed by atoms with Gasteiger partial charge in [0.25, 0.3) is 0 Å². The van der Waals surface area contributed by atoms with Gasteiger partial charge in [0.05, 0.1) is 6.42 Å². The first-order valence-corrected chi connectivity index (χ1v) is 7.27. The fourth-order valence-corrected chi connectivity index (χ4v) is 2.19. The summed E-state index contributed by atoms with van der Waals surface area (Å²) < 4.78 is 0. The second kappa shape index (κ2) is 6.95. The Morgan fingerprint density at radius 1 is 1.26 bits per heavy atom. The Hall–Kier alpha value is -1.02. The van der Waals surface area contributed by atoms with E-state index in [2.05, 4.69) is 26.1 Å². The Labute approximate surface area is 121 Å². The van der Waals surface area contributed by atoms with Crippen molar-refractivity contribution in [3.05, 3.63) is 35.4 Å². The molecule has 1 atom stereocenters. The van der Waals surface area contributed by atoms with Gasteiger partial charge in [0.15, 0.2) is 0 Å². The van der Waals surface area contributed by atoms with Crippen molar-refractivity contribution in [2.75, 3.05) is 5.88 Å². The lowest BCUT2D eigenvalue weighted by molar-refractivity contribution is -0.121. The van der Waals surface area contributed by atoms with Crippen LogP contribution in [0.2, 0.25) is 0 Å². The second-order valence-electron chi connectivity index (χ2n) is 6.13. The average molecular weight is 282 g/mol. The molecule has 3 heteroatoms. The van der Waals surface area contributed by atoms with Gasteiger partial charge >= 0.3 is 0 Å². The van der Waals surface area contributed by atoms with Crippen molar-refractivity contribution in [1.29, 1.82) is 0 Å². The predicted octanol–water partition coefficient (Wildman–Crippen LogP) is 3.70. The summed E-state index contributed by atoms with van der Waals surface area (Å²) in [5.74, 6) is 0.626. The zero-order chi connectivity index (χ0) is 14.5. The van der Waals surface area contributed by atoms with Gasteiger partial charge in [0, 0.05) is 11.9 Å². The maximum atomic E-state index is 12.1. The first-order chi connectivity index (χ1) is 8.82. The molecular weight excluding hydrogens is 258 g/mol. The number of carbonyl (C=O) groups is 1. The van der Waals surface area contributed by atoms with E-state index in [4.69, 9.17) is 11.6 Å². The van der Waals surface area contributed by atoms with Gasteiger partial charge in [-0.1, -0.05) is 50.6 Å². The van der Waals surface area contributed by atoms with Gasteiger partial charge in [-0.05, 0) is 24.3 Å². The number of halogens is 1. The second-order valence-corrected chi connectivity index (χ2v) is 6.50. The Morgan fingerprint density at radius 2 is 1.84 bits per heavy atom. The molecule has 0 saturated heterocycles. The highest BCUT2D eigenvalue weighted by Crippen LogP contribution is 2.22. The topological polar surface area (TPSA) is 29.1 Å². The van der Waals surface area contributed by atoms with E-state index in [1.807, 2.05) is 31.2 Å². The largest absolute Gasteiger partial charge is 0.353 e. The number of hydrogen-bond donors (Lipinski definition) is 1. The minimum absolute atomic E-state index is 0.0256. The standard InChI is InChI=1S/C16H24ClNO/c1-12-5-7-13(8-6-12)11-15(19)18-14(9-10-17)16(2,3)4/h5-8,14H,9-11H2,1-4H3,(H,18,19). The molecule has 0 saturated carbocycles. The summed E-state index contributed by atoms with van der Waals surface area (Å²) >= 11 is 5.81. The maximum absolute atomic E-state index is 12.1. The minimum Gasteiger partial charge on any atom is -0.353 e. The Morgan fingerprint density at radius 3 is 2.32 bits per heavy atom. The van der Waals surface area contributed by atoms with Gasteiger partial charge < -0.3 is 5.32 Å². The van der Waals surface area contributed by atoms with Crippen molar-refractivity contribution < 1.29 is 4.79 Å². The van der Waals surface area contributed by atoms with E-state index in [0.29, 0.717) is 12.3 Å².